The van der Waals surface area contributed by atoms with E-state index in [1.807, 2.05) is 48.5 Å². The smallest absolute Gasteiger partial charge is 0.451 e. The fourth-order valence-corrected chi connectivity index (χ4v) is 10.8. The summed E-state index contributed by atoms with van der Waals surface area (Å²) in [5, 5.41) is 33.7. The number of benzene rings is 6. The van der Waals surface area contributed by atoms with Crippen molar-refractivity contribution in [3.63, 3.8) is 0 Å². The molecule has 394 valence electrons. The van der Waals surface area contributed by atoms with Gasteiger partial charge in [0.1, 0.15) is 0 Å². The SMILES string of the molecule is Brc1ccc2ccccc2c1.CC1(C)OB(c2ccc3ccccc3c2)OC1(C)C.CCCCB(C)O.CCCCCCc1ccc(-c2ccc(B3OC(C)(C)C(C)(C)O3)s2)s1.OB(O)c1ccc2ccccc2c1. The molecule has 0 spiro atoms. The summed E-state index contributed by atoms with van der Waals surface area (Å²) in [6.45, 7) is 22.8. The molecule has 0 atom stereocenters. The van der Waals surface area contributed by atoms with Crippen LogP contribution in [0.15, 0.2) is 156 Å². The molecule has 2 saturated heterocycles. The van der Waals surface area contributed by atoms with E-state index in [-0.39, 0.29) is 43.6 Å². The molecule has 7 nitrogen and oxygen atoms in total. The lowest BCUT2D eigenvalue weighted by Crippen LogP contribution is -2.41. The second-order valence-electron chi connectivity index (χ2n) is 21.5. The normalized spacial score (nSPS) is 15.7. The lowest BCUT2D eigenvalue weighted by molar-refractivity contribution is 0.00578. The summed E-state index contributed by atoms with van der Waals surface area (Å²) >= 11 is 7.15. The molecule has 6 aromatic carbocycles. The first-order valence-corrected chi connectivity index (χ1v) is 29.1. The van der Waals surface area contributed by atoms with Crippen LogP contribution in [0, 0.1) is 0 Å². The molecule has 0 radical (unpaired) electrons. The number of halogens is 1. The van der Waals surface area contributed by atoms with E-state index in [1.165, 1.54) is 74.7 Å². The molecule has 0 amide bonds. The third kappa shape index (κ3) is 17.0. The van der Waals surface area contributed by atoms with Crippen LogP contribution >= 0.6 is 38.6 Å². The highest BCUT2D eigenvalue weighted by Gasteiger charge is 2.53. The first-order valence-electron chi connectivity index (χ1n) is 26.7. The minimum atomic E-state index is -1.38. The average molecular weight is 1110 g/mol. The Morgan fingerprint density at radius 1 is 0.480 bits per heavy atom. The Morgan fingerprint density at radius 3 is 1.47 bits per heavy atom. The molecular formula is C61H77B4BrO7S2. The number of fused-ring (bicyclic) bond motifs is 3. The summed E-state index contributed by atoms with van der Waals surface area (Å²) < 4.78 is 26.8. The van der Waals surface area contributed by atoms with E-state index in [0.29, 0.717) is 5.46 Å². The molecule has 0 aliphatic carbocycles. The minimum Gasteiger partial charge on any atom is -0.451 e. The van der Waals surface area contributed by atoms with Crippen LogP contribution in [0.2, 0.25) is 13.1 Å². The summed E-state index contributed by atoms with van der Waals surface area (Å²) in [5.74, 6) is 0. The molecule has 2 fully saturated rings. The number of unbranched alkanes of at least 4 members (excludes halogenated alkanes) is 4. The van der Waals surface area contributed by atoms with E-state index in [2.05, 4.69) is 194 Å². The monoisotopic (exact) mass is 1110 g/mol. The standard InChI is InChI=1S/C20H29BO2S2.C16H19BO2.C10H9BO2.C10H7Br.C5H13BO/c1-6-7-8-9-10-15-11-12-16(24-15)17-13-14-18(25-17)21-22-19(2,3)20(4,5)23-21;1-15(2)16(3,4)19-17(18-15)14-10-9-12-7-5-6-8-13(12)11-14;12-11(13)10-6-5-8-3-1-2-4-9(8)7-10;11-10-6-5-8-3-1-2-4-9(8)7-10;1-3-4-5-6(2)7/h11-14H,6-10H2,1-5H3;5-11H,1-4H3;1-7,12-13H;1-7H;7H,3-5H2,1-2H3. The van der Waals surface area contributed by atoms with E-state index in [0.717, 1.165) is 38.2 Å². The van der Waals surface area contributed by atoms with Crippen LogP contribution in [-0.2, 0) is 25.0 Å². The van der Waals surface area contributed by atoms with Gasteiger partial charge >= 0.3 is 21.4 Å². The maximum absolute atomic E-state index is 8.94. The average Bonchev–Trinajstić information content (AvgIpc) is 4.16. The van der Waals surface area contributed by atoms with Gasteiger partial charge in [-0.2, -0.15) is 0 Å². The highest BCUT2D eigenvalue weighted by atomic mass is 79.9. The minimum absolute atomic E-state index is 0.0973. The number of aryl methyl sites for hydroxylation is 1. The van der Waals surface area contributed by atoms with E-state index in [4.69, 9.17) is 33.7 Å². The second-order valence-corrected chi connectivity index (χ2v) is 24.7. The lowest BCUT2D eigenvalue weighted by Gasteiger charge is -2.32. The maximum atomic E-state index is 8.94. The second kappa shape index (κ2) is 27.5. The van der Waals surface area contributed by atoms with Crippen LogP contribution in [0.4, 0.5) is 0 Å². The highest BCUT2D eigenvalue weighted by Crippen LogP contribution is 2.39. The van der Waals surface area contributed by atoms with Crippen molar-refractivity contribution in [2.24, 2.45) is 0 Å². The zero-order valence-electron chi connectivity index (χ0n) is 46.1. The topological polar surface area (TPSA) is 97.6 Å². The van der Waals surface area contributed by atoms with Gasteiger partial charge in [0.2, 0.25) is 0 Å². The van der Waals surface area contributed by atoms with Crippen molar-refractivity contribution in [3.05, 3.63) is 161 Å². The molecule has 3 N–H and O–H groups in total. The fourth-order valence-electron chi connectivity index (χ4n) is 8.30. The molecule has 8 aromatic rings. The van der Waals surface area contributed by atoms with Crippen molar-refractivity contribution in [2.45, 2.75) is 150 Å². The predicted molar refractivity (Wildman–Crippen MR) is 330 cm³/mol. The molecule has 0 saturated carbocycles. The van der Waals surface area contributed by atoms with Gasteiger partial charge in [-0.15, -0.1) is 22.7 Å². The molecule has 0 unspecified atom stereocenters. The Kier molecular flexibility index (Phi) is 22.1. The van der Waals surface area contributed by atoms with Crippen LogP contribution in [-0.4, -0.2) is 65.7 Å². The van der Waals surface area contributed by atoms with Gasteiger partial charge in [0.25, 0.3) is 6.92 Å². The Morgan fingerprint density at radius 2 is 0.947 bits per heavy atom. The van der Waals surface area contributed by atoms with Gasteiger partial charge in [-0.05, 0) is 148 Å². The number of thiophene rings is 2. The van der Waals surface area contributed by atoms with E-state index >= 15 is 0 Å². The molecule has 0 bridgehead atoms. The zero-order valence-corrected chi connectivity index (χ0v) is 49.3. The molecule has 2 aliphatic heterocycles. The van der Waals surface area contributed by atoms with Crippen LogP contribution in [0.5, 0.6) is 0 Å². The van der Waals surface area contributed by atoms with Crippen molar-refractivity contribution < 1.29 is 33.7 Å². The van der Waals surface area contributed by atoms with Crippen LogP contribution in [0.25, 0.3) is 42.1 Å². The summed E-state index contributed by atoms with van der Waals surface area (Å²) in [6, 6.07) is 51.4. The molecule has 2 aromatic heterocycles. The Bertz CT molecular complexity index is 2990. The predicted octanol–water partition coefficient (Wildman–Crippen LogP) is 14.6. The van der Waals surface area contributed by atoms with Gasteiger partial charge in [0.15, 0.2) is 0 Å². The summed E-state index contributed by atoms with van der Waals surface area (Å²) in [6.07, 6.45) is 9.79. The van der Waals surface area contributed by atoms with Gasteiger partial charge < -0.3 is 33.7 Å². The largest absolute Gasteiger partial charge is 0.505 e. The fraction of sp³-hybridized carbons (Fsp3) is 0.377. The molecule has 14 heteroatoms. The van der Waals surface area contributed by atoms with Gasteiger partial charge in [0, 0.05) is 23.9 Å². The van der Waals surface area contributed by atoms with Crippen LogP contribution in [0.1, 0.15) is 113 Å². The molecular weight excluding hydrogens is 1030 g/mol. The van der Waals surface area contributed by atoms with Gasteiger partial charge in [-0.3, -0.25) is 0 Å². The maximum Gasteiger partial charge on any atom is 0.505 e. The van der Waals surface area contributed by atoms with E-state index in [9.17, 15) is 0 Å². The zero-order chi connectivity index (χ0) is 54.4. The highest BCUT2D eigenvalue weighted by molar-refractivity contribution is 9.10. The number of rotatable bonds is 12. The number of hydrogen-bond acceptors (Lipinski definition) is 9. The van der Waals surface area contributed by atoms with Crippen molar-refractivity contribution in [1.82, 2.24) is 0 Å². The van der Waals surface area contributed by atoms with Crippen molar-refractivity contribution >= 4 is 115 Å². The van der Waals surface area contributed by atoms with Crippen molar-refractivity contribution in [2.75, 3.05) is 0 Å². The van der Waals surface area contributed by atoms with Gasteiger partial charge in [0.05, 0.1) is 22.4 Å². The van der Waals surface area contributed by atoms with E-state index in [1.54, 1.807) is 23.5 Å². The lowest BCUT2D eigenvalue weighted by atomic mass is 9.67. The summed E-state index contributed by atoms with van der Waals surface area (Å²) in [7, 11) is -1.92. The summed E-state index contributed by atoms with van der Waals surface area (Å²) in [4.78, 5) is 4.17. The third-order valence-corrected chi connectivity index (χ3v) is 17.3. The van der Waals surface area contributed by atoms with Crippen molar-refractivity contribution in [3.8, 4) is 9.75 Å². The Balaban J connectivity index is 0.000000162. The summed E-state index contributed by atoms with van der Waals surface area (Å²) in [5.41, 5.74) is 0.468. The third-order valence-electron chi connectivity index (χ3n) is 14.4. The molecule has 10 rings (SSSR count). The molecule has 75 heavy (non-hydrogen) atoms. The van der Waals surface area contributed by atoms with Gasteiger partial charge in [-0.25, -0.2) is 0 Å². The Labute approximate surface area is 466 Å². The van der Waals surface area contributed by atoms with Crippen LogP contribution < -0.4 is 15.7 Å². The van der Waals surface area contributed by atoms with Gasteiger partial charge in [-0.1, -0.05) is 190 Å². The molecule has 2 aliphatic rings. The van der Waals surface area contributed by atoms with Crippen molar-refractivity contribution in [1.29, 1.82) is 0 Å². The number of hydrogen-bond donors (Lipinski definition) is 3. The first kappa shape index (κ1) is 60.2. The molecule has 4 heterocycles. The Hall–Kier alpha value is -4.04. The van der Waals surface area contributed by atoms with E-state index < -0.39 is 7.12 Å². The first-order chi connectivity index (χ1) is 35.6. The van der Waals surface area contributed by atoms with Crippen LogP contribution in [0.3, 0.4) is 0 Å². The quantitative estimate of drug-likeness (QED) is 0.0828.